The van der Waals surface area contributed by atoms with Crippen LogP contribution in [0.3, 0.4) is 0 Å². The predicted octanol–water partition coefficient (Wildman–Crippen LogP) is 7.46. The van der Waals surface area contributed by atoms with E-state index in [9.17, 15) is 19.2 Å². The van der Waals surface area contributed by atoms with Crippen molar-refractivity contribution >= 4 is 57.5 Å². The third kappa shape index (κ3) is 7.32. The van der Waals surface area contributed by atoms with Crippen LogP contribution in [-0.4, -0.2) is 107 Å². The Kier molecular flexibility index (Phi) is 11.1. The molecule has 2 N–H and O–H groups in total. The fourth-order valence-corrected chi connectivity index (χ4v) is 11.5. The largest absolute Gasteiger partial charge is 0.371 e. The molecule has 9 rings (SSSR count). The summed E-state index contributed by atoms with van der Waals surface area (Å²) in [7, 11) is 0. The van der Waals surface area contributed by atoms with Gasteiger partial charge in [0.25, 0.3) is 5.91 Å². The molecular weight excluding hydrogens is 771 g/mol. The predicted molar refractivity (Wildman–Crippen MR) is 236 cm³/mol. The van der Waals surface area contributed by atoms with Gasteiger partial charge in [-0.05, 0) is 97.8 Å². The SMILES string of the molecule is [C-]#[N+]c1ccc2c3c([nH]c2c1)C(C)(C)c1cc(N2CCC(N4CCN(CCCCCSc5cccc6c5CN(C5CCC(=O)NC5=O)C6=O)CC4)CC2)c(CC)cc1C3=O. The Balaban J connectivity index is 0.733. The van der Waals surface area contributed by atoms with Crippen LogP contribution in [0.2, 0.25) is 0 Å². The van der Waals surface area contributed by atoms with E-state index in [2.05, 4.69) is 68.8 Å². The first kappa shape index (κ1) is 40.4. The van der Waals surface area contributed by atoms with E-state index in [1.807, 2.05) is 24.3 Å². The van der Waals surface area contributed by atoms with E-state index in [1.165, 1.54) is 24.1 Å². The first-order chi connectivity index (χ1) is 29.0. The number of hydrogen-bond donors (Lipinski definition) is 2. The number of aromatic amines is 1. The van der Waals surface area contributed by atoms with Crippen LogP contribution in [-0.2, 0) is 28.0 Å². The summed E-state index contributed by atoms with van der Waals surface area (Å²) in [5.74, 6) is 0.320. The first-order valence-electron chi connectivity index (χ1n) is 21.9. The topological polar surface area (TPSA) is 113 Å². The molecule has 0 radical (unpaired) electrons. The summed E-state index contributed by atoms with van der Waals surface area (Å²) in [5.41, 5.74) is 8.82. The summed E-state index contributed by atoms with van der Waals surface area (Å²) in [6.45, 7) is 22.1. The molecule has 3 amide bonds. The van der Waals surface area contributed by atoms with Crippen molar-refractivity contribution in [3.05, 3.63) is 99.0 Å². The lowest BCUT2D eigenvalue weighted by Crippen LogP contribution is -2.53. The second-order valence-electron chi connectivity index (χ2n) is 17.7. The molecule has 5 aliphatic rings. The van der Waals surface area contributed by atoms with Gasteiger partial charge in [-0.25, -0.2) is 4.85 Å². The molecule has 12 heteroatoms. The number of unbranched alkanes of at least 4 members (excludes halogenated alkanes) is 2. The standard InChI is InChI=1S/C48H55N7O4S/c1-5-30-26-35-37(48(2,3)45-43(44(35)57)34-13-12-31(49-4)27-38(34)50-45)28-40(30)54-19-16-32(17-20-54)53-23-21-52(22-24-53)18-7-6-8-25-60-41-11-9-10-33-36(41)29-55(47(33)59)39-14-15-42(56)51-46(39)58/h9-13,26-28,32,39,50H,5-8,14-25,29H2,1-3H3,(H,51,56,58). The number of H-pyrrole nitrogens is 1. The number of imide groups is 1. The van der Waals surface area contributed by atoms with E-state index in [4.69, 9.17) is 6.57 Å². The van der Waals surface area contributed by atoms with Crippen LogP contribution in [0.1, 0.15) is 114 Å². The minimum Gasteiger partial charge on any atom is -0.371 e. The summed E-state index contributed by atoms with van der Waals surface area (Å²) >= 11 is 1.81. The van der Waals surface area contributed by atoms with Crippen molar-refractivity contribution < 1.29 is 19.2 Å². The number of benzene rings is 3. The van der Waals surface area contributed by atoms with Crippen LogP contribution in [0, 0.1) is 6.57 Å². The van der Waals surface area contributed by atoms with Crippen molar-refractivity contribution in [3.63, 3.8) is 0 Å². The Morgan fingerprint density at radius 3 is 2.45 bits per heavy atom. The van der Waals surface area contributed by atoms with E-state index < -0.39 is 6.04 Å². The van der Waals surface area contributed by atoms with Crippen LogP contribution in [0.5, 0.6) is 0 Å². The second kappa shape index (κ2) is 16.5. The number of ketones is 1. The summed E-state index contributed by atoms with van der Waals surface area (Å²) in [5, 5.41) is 3.29. The number of piperazine rings is 1. The maximum atomic E-state index is 14.1. The molecule has 3 aromatic carbocycles. The van der Waals surface area contributed by atoms with Crippen molar-refractivity contribution in [2.24, 2.45) is 0 Å². The normalized spacial score (nSPS) is 20.9. The van der Waals surface area contributed by atoms with Crippen LogP contribution < -0.4 is 10.2 Å². The van der Waals surface area contributed by atoms with Crippen LogP contribution in [0.4, 0.5) is 11.4 Å². The number of hydrogen-bond acceptors (Lipinski definition) is 8. The molecule has 1 aliphatic carbocycles. The molecule has 11 nitrogen and oxygen atoms in total. The highest BCUT2D eigenvalue weighted by Crippen LogP contribution is 2.46. The van der Waals surface area contributed by atoms with Crippen molar-refractivity contribution in [1.29, 1.82) is 0 Å². The molecule has 3 saturated heterocycles. The Bertz CT molecular complexity index is 2420. The molecule has 1 unspecified atom stereocenters. The number of amides is 3. The molecule has 1 aromatic heterocycles. The van der Waals surface area contributed by atoms with Crippen LogP contribution in [0.15, 0.2) is 53.4 Å². The summed E-state index contributed by atoms with van der Waals surface area (Å²) < 4.78 is 0. The maximum Gasteiger partial charge on any atom is 0.255 e. The second-order valence-corrected chi connectivity index (χ2v) is 18.9. The van der Waals surface area contributed by atoms with Gasteiger partial charge in [0.15, 0.2) is 11.5 Å². The molecule has 5 heterocycles. The number of aromatic nitrogens is 1. The molecule has 1 atom stereocenters. The zero-order valence-electron chi connectivity index (χ0n) is 35.1. The van der Waals surface area contributed by atoms with Gasteiger partial charge in [-0.1, -0.05) is 45.4 Å². The molecular formula is C48H55N7O4S. The molecule has 3 fully saturated rings. The van der Waals surface area contributed by atoms with E-state index in [0.717, 1.165) is 121 Å². The minimum atomic E-state index is -0.585. The smallest absolute Gasteiger partial charge is 0.255 e. The first-order valence-corrected chi connectivity index (χ1v) is 22.9. The third-order valence-corrected chi connectivity index (χ3v) is 15.1. The highest BCUT2D eigenvalue weighted by atomic mass is 32.2. The van der Waals surface area contributed by atoms with Crippen molar-refractivity contribution in [1.82, 2.24) is 25.0 Å². The molecule has 0 spiro atoms. The number of fused-ring (bicyclic) bond motifs is 5. The number of nitrogens with one attached hydrogen (secondary N) is 2. The average molecular weight is 826 g/mol. The number of piperidine rings is 2. The Morgan fingerprint density at radius 2 is 1.70 bits per heavy atom. The highest BCUT2D eigenvalue weighted by molar-refractivity contribution is 7.99. The van der Waals surface area contributed by atoms with E-state index >= 15 is 0 Å². The van der Waals surface area contributed by atoms with Gasteiger partial charge in [0.1, 0.15) is 6.04 Å². The number of rotatable bonds is 11. The maximum absolute atomic E-state index is 14.1. The number of carbonyl (C=O) groups excluding carboxylic acids is 4. The zero-order chi connectivity index (χ0) is 41.7. The van der Waals surface area contributed by atoms with Crippen molar-refractivity contribution in [2.45, 2.75) is 101 Å². The molecule has 4 aromatic rings. The number of thioether (sulfide) groups is 1. The average Bonchev–Trinajstić information content (AvgIpc) is 3.82. The van der Waals surface area contributed by atoms with E-state index in [0.29, 0.717) is 30.3 Å². The lowest BCUT2D eigenvalue weighted by atomic mass is 9.70. The Morgan fingerprint density at radius 1 is 0.900 bits per heavy atom. The fourth-order valence-electron chi connectivity index (χ4n) is 10.5. The van der Waals surface area contributed by atoms with Gasteiger partial charge in [0, 0.05) is 102 Å². The Hall–Kier alpha value is -4.96. The van der Waals surface area contributed by atoms with Gasteiger partial charge in [-0.15, -0.1) is 11.8 Å². The van der Waals surface area contributed by atoms with Crippen LogP contribution >= 0.6 is 11.8 Å². The summed E-state index contributed by atoms with van der Waals surface area (Å²) in [6.07, 6.45) is 7.27. The quantitative estimate of drug-likeness (QED) is 0.0694. The van der Waals surface area contributed by atoms with Gasteiger partial charge in [0.05, 0.1) is 12.1 Å². The monoisotopic (exact) mass is 825 g/mol. The Labute approximate surface area is 357 Å². The summed E-state index contributed by atoms with van der Waals surface area (Å²) in [4.78, 5) is 69.3. The number of anilines is 1. The lowest BCUT2D eigenvalue weighted by Gasteiger charge is -2.44. The fraction of sp³-hybridized carbons (Fsp3) is 0.479. The third-order valence-electron chi connectivity index (χ3n) is 13.9. The molecule has 60 heavy (non-hydrogen) atoms. The van der Waals surface area contributed by atoms with Gasteiger partial charge in [-0.3, -0.25) is 29.4 Å². The summed E-state index contributed by atoms with van der Waals surface area (Å²) in [6, 6.07) is 16.0. The number of aryl methyl sites for hydroxylation is 1. The molecule has 0 saturated carbocycles. The van der Waals surface area contributed by atoms with E-state index in [-0.39, 0.29) is 35.3 Å². The lowest BCUT2D eigenvalue weighted by molar-refractivity contribution is -0.136. The molecule has 4 aliphatic heterocycles. The van der Waals surface area contributed by atoms with Crippen LogP contribution in [0.25, 0.3) is 15.7 Å². The number of carbonyl (C=O) groups is 4. The van der Waals surface area contributed by atoms with Gasteiger partial charge < -0.3 is 19.7 Å². The molecule has 312 valence electrons. The minimum absolute atomic E-state index is 0.0764. The van der Waals surface area contributed by atoms with Gasteiger partial charge in [0.2, 0.25) is 11.8 Å². The van der Waals surface area contributed by atoms with Crippen molar-refractivity contribution in [2.75, 3.05) is 56.5 Å². The van der Waals surface area contributed by atoms with Gasteiger partial charge >= 0.3 is 0 Å². The van der Waals surface area contributed by atoms with Crippen molar-refractivity contribution in [3.8, 4) is 0 Å². The zero-order valence-corrected chi connectivity index (χ0v) is 35.9. The highest BCUT2D eigenvalue weighted by Gasteiger charge is 2.42. The number of nitrogens with zero attached hydrogens (tertiary/aromatic N) is 5. The van der Waals surface area contributed by atoms with E-state index in [1.54, 1.807) is 22.7 Å². The molecule has 0 bridgehead atoms. The van der Waals surface area contributed by atoms with Gasteiger partial charge in [-0.2, -0.15) is 0 Å².